The van der Waals surface area contributed by atoms with E-state index < -0.39 is 0 Å². The molecule has 1 amide bonds. The maximum absolute atomic E-state index is 12.3. The molecular weight excluding hydrogens is 314 g/mol. The minimum absolute atomic E-state index is 0.0983. The normalized spacial score (nSPS) is 11.6. The van der Waals surface area contributed by atoms with Crippen molar-refractivity contribution in [3.63, 3.8) is 0 Å². The Morgan fingerprint density at radius 1 is 1.04 bits per heavy atom. The first-order chi connectivity index (χ1) is 12.2. The number of carbonyl (C=O) groups excluding carboxylic acids is 1. The number of hydrogen-bond donors (Lipinski definition) is 2. The van der Waals surface area contributed by atoms with E-state index in [0.717, 1.165) is 11.1 Å². The number of anilines is 1. The van der Waals surface area contributed by atoms with E-state index in [1.54, 1.807) is 24.5 Å². The maximum Gasteiger partial charge on any atom is 0.272 e. The van der Waals surface area contributed by atoms with Crippen molar-refractivity contribution in [2.24, 2.45) is 0 Å². The van der Waals surface area contributed by atoms with Crippen LogP contribution in [0.4, 0.5) is 5.82 Å². The van der Waals surface area contributed by atoms with Gasteiger partial charge in [0.05, 0.1) is 6.04 Å². The fraction of sp³-hybridized carbons (Fsp3) is 0.158. The summed E-state index contributed by atoms with van der Waals surface area (Å²) in [5.41, 5.74) is 2.37. The second kappa shape index (κ2) is 8.01. The third-order valence-corrected chi connectivity index (χ3v) is 3.74. The molecule has 0 aliphatic rings. The number of nitrogens with one attached hydrogen (secondary N) is 2. The summed E-state index contributed by atoms with van der Waals surface area (Å²) in [6, 6.07) is 16.9. The molecule has 0 saturated heterocycles. The molecule has 0 radical (unpaired) electrons. The summed E-state index contributed by atoms with van der Waals surface area (Å²) in [4.78, 5) is 16.3. The molecule has 2 N–H and O–H groups in total. The van der Waals surface area contributed by atoms with Crippen LogP contribution in [0.15, 0.2) is 67.0 Å². The van der Waals surface area contributed by atoms with Gasteiger partial charge in [-0.2, -0.15) is 0 Å². The first-order valence-corrected chi connectivity index (χ1v) is 8.04. The quantitative estimate of drug-likeness (QED) is 0.725. The van der Waals surface area contributed by atoms with Crippen molar-refractivity contribution >= 4 is 11.7 Å². The summed E-state index contributed by atoms with van der Waals surface area (Å²) >= 11 is 0. The molecule has 6 nitrogen and oxygen atoms in total. The van der Waals surface area contributed by atoms with Gasteiger partial charge >= 0.3 is 0 Å². The topological polar surface area (TPSA) is 79.8 Å². The molecule has 126 valence electrons. The van der Waals surface area contributed by atoms with Crippen LogP contribution in [-0.4, -0.2) is 21.1 Å². The number of carbonyl (C=O) groups is 1. The second-order valence-corrected chi connectivity index (χ2v) is 5.62. The summed E-state index contributed by atoms with van der Waals surface area (Å²) in [6.07, 6.45) is 3.51. The molecule has 25 heavy (non-hydrogen) atoms. The highest BCUT2D eigenvalue weighted by Crippen LogP contribution is 2.12. The highest BCUT2D eigenvalue weighted by molar-refractivity contribution is 5.92. The molecule has 0 saturated carbocycles. The summed E-state index contributed by atoms with van der Waals surface area (Å²) in [6.45, 7) is 2.53. The Balaban J connectivity index is 1.57. The Morgan fingerprint density at radius 3 is 2.56 bits per heavy atom. The number of aromatic nitrogens is 3. The number of pyridine rings is 1. The van der Waals surface area contributed by atoms with Crippen molar-refractivity contribution in [2.45, 2.75) is 19.5 Å². The van der Waals surface area contributed by atoms with E-state index >= 15 is 0 Å². The number of hydrogen-bond acceptors (Lipinski definition) is 5. The van der Waals surface area contributed by atoms with Crippen molar-refractivity contribution < 1.29 is 4.79 Å². The molecule has 6 heteroatoms. The Morgan fingerprint density at radius 2 is 1.88 bits per heavy atom. The van der Waals surface area contributed by atoms with Gasteiger partial charge in [0.2, 0.25) is 0 Å². The molecule has 2 aromatic heterocycles. The minimum atomic E-state index is -0.248. The van der Waals surface area contributed by atoms with Gasteiger partial charge in [-0.1, -0.05) is 36.4 Å². The predicted octanol–water partition coefficient (Wildman–Crippen LogP) is 2.97. The smallest absolute Gasteiger partial charge is 0.272 e. The van der Waals surface area contributed by atoms with Gasteiger partial charge in [0, 0.05) is 18.9 Å². The van der Waals surface area contributed by atoms with E-state index in [1.807, 2.05) is 49.4 Å². The Labute approximate surface area is 146 Å². The average molecular weight is 333 g/mol. The lowest BCUT2D eigenvalue weighted by atomic mass is 10.1. The maximum atomic E-state index is 12.3. The zero-order valence-corrected chi connectivity index (χ0v) is 13.9. The van der Waals surface area contributed by atoms with Gasteiger partial charge in [-0.05, 0) is 36.2 Å². The summed E-state index contributed by atoms with van der Waals surface area (Å²) in [7, 11) is 0. The lowest BCUT2D eigenvalue weighted by Crippen LogP contribution is -2.27. The van der Waals surface area contributed by atoms with E-state index in [9.17, 15) is 4.79 Å². The van der Waals surface area contributed by atoms with E-state index in [1.165, 1.54) is 0 Å². The van der Waals surface area contributed by atoms with E-state index in [4.69, 9.17) is 0 Å². The van der Waals surface area contributed by atoms with Crippen LogP contribution in [0.3, 0.4) is 0 Å². The van der Waals surface area contributed by atoms with Gasteiger partial charge in [-0.15, -0.1) is 10.2 Å². The largest absolute Gasteiger partial charge is 0.364 e. The van der Waals surface area contributed by atoms with Crippen molar-refractivity contribution in [3.05, 3.63) is 83.8 Å². The van der Waals surface area contributed by atoms with E-state index in [-0.39, 0.29) is 17.6 Å². The lowest BCUT2D eigenvalue weighted by Gasteiger charge is -2.13. The first-order valence-electron chi connectivity index (χ1n) is 8.04. The molecule has 3 rings (SSSR count). The molecule has 2 heterocycles. The first kappa shape index (κ1) is 16.6. The Kier molecular flexibility index (Phi) is 5.31. The number of nitrogens with zero attached hydrogens (tertiary/aromatic N) is 3. The predicted molar refractivity (Wildman–Crippen MR) is 95.9 cm³/mol. The molecule has 1 aromatic carbocycles. The summed E-state index contributed by atoms with van der Waals surface area (Å²) < 4.78 is 0. The fourth-order valence-corrected chi connectivity index (χ4v) is 2.34. The van der Waals surface area contributed by atoms with Crippen LogP contribution >= 0.6 is 0 Å². The van der Waals surface area contributed by atoms with Crippen LogP contribution in [0, 0.1) is 0 Å². The lowest BCUT2D eigenvalue weighted by molar-refractivity contribution is 0.0934. The summed E-state index contributed by atoms with van der Waals surface area (Å²) in [5, 5.41) is 14.1. The van der Waals surface area contributed by atoms with E-state index in [2.05, 4.69) is 25.8 Å². The van der Waals surface area contributed by atoms with Crippen LogP contribution in [0.2, 0.25) is 0 Å². The SMILES string of the molecule is CC(NC(=O)c1ccc(NCc2cccnc2)nn1)c1ccccc1. The standard InChI is InChI=1S/C19H19N5O/c1-14(16-7-3-2-4-8-16)22-19(25)17-9-10-18(24-23-17)21-13-15-6-5-11-20-12-15/h2-12,14H,13H2,1H3,(H,21,24)(H,22,25). The molecular formula is C19H19N5O. The third kappa shape index (κ3) is 4.60. The minimum Gasteiger partial charge on any atom is -0.364 e. The zero-order valence-electron chi connectivity index (χ0n) is 13.9. The molecule has 0 bridgehead atoms. The van der Waals surface area contributed by atoms with Gasteiger partial charge in [-0.25, -0.2) is 0 Å². The average Bonchev–Trinajstić information content (AvgIpc) is 2.68. The third-order valence-electron chi connectivity index (χ3n) is 3.74. The van der Waals surface area contributed by atoms with E-state index in [0.29, 0.717) is 12.4 Å². The van der Waals surface area contributed by atoms with Crippen LogP contribution in [0.1, 0.15) is 34.6 Å². The zero-order chi connectivity index (χ0) is 17.5. The van der Waals surface area contributed by atoms with Crippen LogP contribution in [-0.2, 0) is 6.54 Å². The van der Waals surface area contributed by atoms with Crippen molar-refractivity contribution in [3.8, 4) is 0 Å². The van der Waals surface area contributed by atoms with Gasteiger partial charge < -0.3 is 10.6 Å². The van der Waals surface area contributed by atoms with Crippen molar-refractivity contribution in [1.29, 1.82) is 0 Å². The Bertz CT molecular complexity index is 806. The number of benzene rings is 1. The molecule has 0 spiro atoms. The second-order valence-electron chi connectivity index (χ2n) is 5.62. The van der Waals surface area contributed by atoms with Gasteiger partial charge in [0.15, 0.2) is 5.69 Å². The molecule has 1 unspecified atom stereocenters. The summed E-state index contributed by atoms with van der Waals surface area (Å²) in [5.74, 6) is 0.360. The van der Waals surface area contributed by atoms with Gasteiger partial charge in [0.25, 0.3) is 5.91 Å². The molecule has 3 aromatic rings. The number of rotatable bonds is 6. The molecule has 1 atom stereocenters. The van der Waals surface area contributed by atoms with Gasteiger partial charge in [-0.3, -0.25) is 9.78 Å². The Hall–Kier alpha value is -3.28. The van der Waals surface area contributed by atoms with Crippen LogP contribution in [0.25, 0.3) is 0 Å². The molecule has 0 aliphatic heterocycles. The highest BCUT2D eigenvalue weighted by atomic mass is 16.2. The van der Waals surface area contributed by atoms with Crippen molar-refractivity contribution in [2.75, 3.05) is 5.32 Å². The number of amides is 1. The van der Waals surface area contributed by atoms with Crippen molar-refractivity contribution in [1.82, 2.24) is 20.5 Å². The van der Waals surface area contributed by atoms with Crippen LogP contribution in [0.5, 0.6) is 0 Å². The van der Waals surface area contributed by atoms with Gasteiger partial charge in [0.1, 0.15) is 5.82 Å². The highest BCUT2D eigenvalue weighted by Gasteiger charge is 2.12. The fourth-order valence-electron chi connectivity index (χ4n) is 2.34. The van der Waals surface area contributed by atoms with Crippen LogP contribution < -0.4 is 10.6 Å². The monoisotopic (exact) mass is 333 g/mol. The molecule has 0 fully saturated rings. The molecule has 0 aliphatic carbocycles.